The lowest BCUT2D eigenvalue weighted by Crippen LogP contribution is -2.36. The van der Waals surface area contributed by atoms with E-state index in [1.807, 2.05) is 6.21 Å². The van der Waals surface area contributed by atoms with Gasteiger partial charge in [-0.25, -0.2) is 4.40 Å². The van der Waals surface area contributed by atoms with Crippen LogP contribution in [-0.2, 0) is 4.79 Å². The Labute approximate surface area is 111 Å². The summed E-state index contributed by atoms with van der Waals surface area (Å²) in [6.45, 7) is 1.74. The van der Waals surface area contributed by atoms with Crippen LogP contribution in [0.2, 0.25) is 0 Å². The van der Waals surface area contributed by atoms with E-state index in [1.54, 1.807) is 6.92 Å². The average Bonchev–Trinajstić information content (AvgIpc) is 2.72. The van der Waals surface area contributed by atoms with E-state index in [4.69, 9.17) is 5.11 Å². The van der Waals surface area contributed by atoms with Crippen molar-refractivity contribution in [3.8, 4) is 0 Å². The zero-order chi connectivity index (χ0) is 13.0. The van der Waals surface area contributed by atoms with E-state index in [2.05, 4.69) is 27.1 Å². The van der Waals surface area contributed by atoms with Gasteiger partial charge in [0, 0.05) is 23.9 Å². The molecule has 0 fully saturated rings. The van der Waals surface area contributed by atoms with Crippen molar-refractivity contribution in [2.24, 2.45) is 21.3 Å². The third kappa shape index (κ3) is 3.13. The Hall–Kier alpha value is -1.30. The van der Waals surface area contributed by atoms with Crippen molar-refractivity contribution in [2.75, 3.05) is 0 Å². The zero-order valence-corrected chi connectivity index (χ0v) is 11.1. The third-order valence-electron chi connectivity index (χ3n) is 3.13. The SMILES string of the molecule is CC1=NSC(N/N=C/C2CC=CCC2)C1C(=O)O. The van der Waals surface area contributed by atoms with E-state index in [0.717, 1.165) is 19.3 Å². The average molecular weight is 267 g/mol. The number of aliphatic carboxylic acids is 1. The fourth-order valence-corrected chi connectivity index (χ4v) is 2.99. The fourth-order valence-electron chi connectivity index (χ4n) is 2.06. The largest absolute Gasteiger partial charge is 0.481 e. The lowest BCUT2D eigenvalue weighted by Gasteiger charge is -2.16. The molecule has 0 aromatic carbocycles. The molecule has 3 atom stereocenters. The number of rotatable bonds is 4. The van der Waals surface area contributed by atoms with E-state index in [-0.39, 0.29) is 5.37 Å². The molecule has 98 valence electrons. The maximum atomic E-state index is 11.1. The van der Waals surface area contributed by atoms with Crippen LogP contribution >= 0.6 is 11.9 Å². The van der Waals surface area contributed by atoms with E-state index in [0.29, 0.717) is 11.6 Å². The Bertz CT molecular complexity index is 406. The van der Waals surface area contributed by atoms with Gasteiger partial charge < -0.3 is 5.11 Å². The number of carbonyl (C=O) groups is 1. The van der Waals surface area contributed by atoms with Crippen LogP contribution < -0.4 is 5.43 Å². The molecule has 18 heavy (non-hydrogen) atoms. The smallest absolute Gasteiger partial charge is 0.315 e. The van der Waals surface area contributed by atoms with Gasteiger partial charge in [-0.3, -0.25) is 10.2 Å². The Balaban J connectivity index is 1.85. The summed E-state index contributed by atoms with van der Waals surface area (Å²) in [4.78, 5) is 11.1. The number of hydrogen-bond donors (Lipinski definition) is 2. The molecule has 1 aliphatic heterocycles. The third-order valence-corrected chi connectivity index (χ3v) is 4.12. The molecule has 2 N–H and O–H groups in total. The number of nitrogens with one attached hydrogen (secondary N) is 1. The second-order valence-electron chi connectivity index (χ2n) is 4.53. The van der Waals surface area contributed by atoms with Gasteiger partial charge >= 0.3 is 5.97 Å². The van der Waals surface area contributed by atoms with Crippen molar-refractivity contribution in [2.45, 2.75) is 31.6 Å². The number of carboxylic acids is 1. The van der Waals surface area contributed by atoms with E-state index in [9.17, 15) is 4.79 Å². The molecule has 6 heteroatoms. The highest BCUT2D eigenvalue weighted by molar-refractivity contribution is 7.99. The van der Waals surface area contributed by atoms with E-state index < -0.39 is 11.9 Å². The monoisotopic (exact) mass is 267 g/mol. The summed E-state index contributed by atoms with van der Waals surface area (Å²) in [6.07, 6.45) is 9.45. The molecule has 0 bridgehead atoms. The van der Waals surface area contributed by atoms with Crippen LogP contribution in [0.25, 0.3) is 0 Å². The number of hydrazone groups is 1. The summed E-state index contributed by atoms with van der Waals surface area (Å²) in [5.74, 6) is -0.979. The normalized spacial score (nSPS) is 31.6. The highest BCUT2D eigenvalue weighted by Gasteiger charge is 2.36. The van der Waals surface area contributed by atoms with Crippen molar-refractivity contribution in [3.05, 3.63) is 12.2 Å². The van der Waals surface area contributed by atoms with Gasteiger partial charge in [0.15, 0.2) is 0 Å². The molecule has 0 aromatic rings. The molecule has 0 saturated carbocycles. The highest BCUT2D eigenvalue weighted by Crippen LogP contribution is 2.28. The first-order valence-electron chi connectivity index (χ1n) is 6.05. The molecule has 2 rings (SSSR count). The van der Waals surface area contributed by atoms with Gasteiger partial charge in [-0.15, -0.1) is 0 Å². The van der Waals surface area contributed by atoms with Gasteiger partial charge in [0.1, 0.15) is 11.3 Å². The Morgan fingerprint density at radius 1 is 1.67 bits per heavy atom. The lowest BCUT2D eigenvalue weighted by molar-refractivity contribution is -0.139. The van der Waals surface area contributed by atoms with Gasteiger partial charge in [-0.05, 0) is 32.1 Å². The van der Waals surface area contributed by atoms with Crippen molar-refractivity contribution < 1.29 is 9.90 Å². The van der Waals surface area contributed by atoms with Crippen LogP contribution in [0.1, 0.15) is 26.2 Å². The van der Waals surface area contributed by atoms with Crippen LogP contribution in [0.5, 0.6) is 0 Å². The van der Waals surface area contributed by atoms with Gasteiger partial charge in [-0.1, -0.05) is 12.2 Å². The second kappa shape index (κ2) is 6.04. The van der Waals surface area contributed by atoms with Crippen molar-refractivity contribution >= 4 is 29.8 Å². The predicted octanol–water partition coefficient (Wildman–Crippen LogP) is 2.07. The summed E-state index contributed by atoms with van der Waals surface area (Å²) < 4.78 is 4.09. The second-order valence-corrected chi connectivity index (χ2v) is 5.43. The topological polar surface area (TPSA) is 74.0 Å². The lowest BCUT2D eigenvalue weighted by atomic mass is 9.96. The summed E-state index contributed by atoms with van der Waals surface area (Å²) in [6, 6.07) is 0. The van der Waals surface area contributed by atoms with Gasteiger partial charge in [0.2, 0.25) is 0 Å². The Morgan fingerprint density at radius 2 is 2.50 bits per heavy atom. The maximum Gasteiger partial charge on any atom is 0.315 e. The summed E-state index contributed by atoms with van der Waals surface area (Å²) in [5.41, 5.74) is 3.54. The minimum Gasteiger partial charge on any atom is -0.481 e. The first-order chi connectivity index (χ1) is 8.68. The van der Waals surface area contributed by atoms with Crippen molar-refractivity contribution in [1.29, 1.82) is 0 Å². The molecule has 2 aliphatic rings. The molecule has 0 radical (unpaired) electrons. The standard InChI is InChI=1S/C12H17N3O2S/c1-8-10(12(16)17)11(18-15-8)14-13-7-9-5-3-2-4-6-9/h2-3,7,9-11,14H,4-6H2,1H3,(H,16,17)/b13-7+. The number of carboxylic acid groups (broad SMARTS) is 1. The number of nitrogens with zero attached hydrogens (tertiary/aromatic N) is 2. The molecule has 0 aromatic heterocycles. The van der Waals surface area contributed by atoms with E-state index in [1.165, 1.54) is 11.9 Å². The summed E-state index contributed by atoms with van der Waals surface area (Å²) in [5, 5.41) is 13.0. The van der Waals surface area contributed by atoms with Crippen LogP contribution in [0.3, 0.4) is 0 Å². The van der Waals surface area contributed by atoms with Crippen LogP contribution in [0.4, 0.5) is 0 Å². The predicted molar refractivity (Wildman–Crippen MR) is 73.7 cm³/mol. The molecule has 5 nitrogen and oxygen atoms in total. The van der Waals surface area contributed by atoms with Crippen molar-refractivity contribution in [3.63, 3.8) is 0 Å². The Kier molecular flexibility index (Phi) is 4.41. The quantitative estimate of drug-likeness (QED) is 0.354. The molecule has 0 amide bonds. The van der Waals surface area contributed by atoms with Crippen LogP contribution in [-0.4, -0.2) is 28.4 Å². The summed E-state index contributed by atoms with van der Waals surface area (Å²) >= 11 is 1.24. The van der Waals surface area contributed by atoms with Crippen molar-refractivity contribution in [1.82, 2.24) is 5.43 Å². The van der Waals surface area contributed by atoms with E-state index >= 15 is 0 Å². The minimum atomic E-state index is -0.852. The highest BCUT2D eigenvalue weighted by atomic mass is 32.2. The molecule has 0 spiro atoms. The van der Waals surface area contributed by atoms with Crippen LogP contribution in [0.15, 0.2) is 21.7 Å². The zero-order valence-electron chi connectivity index (χ0n) is 10.2. The first-order valence-corrected chi connectivity index (χ1v) is 6.89. The molecule has 3 unspecified atom stereocenters. The molecular formula is C12H17N3O2S. The molecule has 1 heterocycles. The Morgan fingerprint density at radius 3 is 3.17 bits per heavy atom. The first kappa shape index (κ1) is 13.1. The fraction of sp³-hybridized carbons (Fsp3) is 0.583. The van der Waals surface area contributed by atoms with Gasteiger partial charge in [0.05, 0.1) is 0 Å². The van der Waals surface area contributed by atoms with Gasteiger partial charge in [-0.2, -0.15) is 5.10 Å². The number of allylic oxidation sites excluding steroid dienone is 2. The van der Waals surface area contributed by atoms with Gasteiger partial charge in [0.25, 0.3) is 0 Å². The number of hydrogen-bond acceptors (Lipinski definition) is 5. The minimum absolute atomic E-state index is 0.294. The maximum absolute atomic E-state index is 11.1. The summed E-state index contributed by atoms with van der Waals surface area (Å²) in [7, 11) is 0. The van der Waals surface area contributed by atoms with Crippen LogP contribution in [0, 0.1) is 11.8 Å². The molecule has 1 aliphatic carbocycles. The molecular weight excluding hydrogens is 250 g/mol. The molecule has 0 saturated heterocycles.